The van der Waals surface area contributed by atoms with Crippen LogP contribution in [-0.4, -0.2) is 18.2 Å². The average Bonchev–Trinajstić information content (AvgIpc) is 2.31. The maximum atomic E-state index is 11.7. The first-order valence-electron chi connectivity index (χ1n) is 5.23. The molecular weight excluding hydrogens is 277 g/mol. The average molecular weight is 292 g/mol. The fraction of sp³-hybridized carbons (Fsp3) is 0.417. The molecule has 0 aliphatic rings. The number of aromatic hydroxyl groups is 1. The van der Waals surface area contributed by atoms with Crippen LogP contribution in [0.5, 0.6) is 5.75 Å². The van der Waals surface area contributed by atoms with Gasteiger partial charge in [-0.15, -0.1) is 0 Å². The molecule has 18 heavy (non-hydrogen) atoms. The number of ether oxygens (including phenoxy) is 1. The summed E-state index contributed by atoms with van der Waals surface area (Å²) in [5.74, 6) is -0.656. The molecule has 0 unspecified atom stereocenters. The molecule has 0 bridgehead atoms. The molecule has 0 saturated heterocycles. The largest absolute Gasteiger partial charge is 0.506 e. The topological polar surface area (TPSA) is 72.5 Å². The third-order valence-corrected chi connectivity index (χ3v) is 3.39. The summed E-state index contributed by atoms with van der Waals surface area (Å²) in [6, 6.07) is 2.10. The van der Waals surface area contributed by atoms with Gasteiger partial charge in [-0.2, -0.15) is 0 Å². The minimum Gasteiger partial charge on any atom is -0.506 e. The number of methoxy groups -OCH3 is 1. The van der Waals surface area contributed by atoms with Crippen molar-refractivity contribution in [3.05, 3.63) is 27.7 Å². The number of phenolic OH excluding ortho intramolecular Hbond substituents is 1. The molecule has 0 radical (unpaired) electrons. The van der Waals surface area contributed by atoms with Crippen LogP contribution in [0.15, 0.2) is 12.1 Å². The molecule has 0 heterocycles. The van der Waals surface area contributed by atoms with Crippen LogP contribution in [0.1, 0.15) is 25.5 Å². The fourth-order valence-corrected chi connectivity index (χ4v) is 2.11. The van der Waals surface area contributed by atoms with Crippen LogP contribution in [0.2, 0.25) is 10.0 Å². The molecule has 0 fully saturated rings. The molecule has 4 nitrogen and oxygen atoms in total. The van der Waals surface area contributed by atoms with E-state index in [0.717, 1.165) is 0 Å². The lowest BCUT2D eigenvalue weighted by Gasteiger charge is -2.29. The number of phenols is 1. The highest BCUT2D eigenvalue weighted by molar-refractivity contribution is 6.35. The molecule has 0 saturated carbocycles. The van der Waals surface area contributed by atoms with Gasteiger partial charge in [-0.25, -0.2) is 0 Å². The van der Waals surface area contributed by atoms with Crippen LogP contribution in [-0.2, 0) is 9.53 Å². The standard InChI is InChI=1S/C12H15Cl2NO3/c1-12(2,11(17)18-3)10(15)7-4-6(13)5-8(14)9(7)16/h4-5,10,16H,15H2,1-3H3/t10-/m0/s1. The van der Waals surface area contributed by atoms with Gasteiger partial charge in [0.05, 0.1) is 17.5 Å². The van der Waals surface area contributed by atoms with E-state index in [-0.39, 0.29) is 10.8 Å². The molecule has 6 heteroatoms. The summed E-state index contributed by atoms with van der Waals surface area (Å²) in [5, 5.41) is 10.3. The smallest absolute Gasteiger partial charge is 0.313 e. The van der Waals surface area contributed by atoms with Crippen molar-refractivity contribution in [1.82, 2.24) is 0 Å². The van der Waals surface area contributed by atoms with Gasteiger partial charge >= 0.3 is 5.97 Å². The first-order valence-corrected chi connectivity index (χ1v) is 5.99. The van der Waals surface area contributed by atoms with Gasteiger partial charge in [0, 0.05) is 16.6 Å². The van der Waals surface area contributed by atoms with E-state index >= 15 is 0 Å². The molecule has 0 aromatic heterocycles. The molecule has 0 aliphatic carbocycles. The second-order valence-electron chi connectivity index (χ2n) is 4.52. The number of carbonyl (C=O) groups is 1. The zero-order chi connectivity index (χ0) is 14.1. The van der Waals surface area contributed by atoms with E-state index in [4.69, 9.17) is 33.7 Å². The van der Waals surface area contributed by atoms with Crippen molar-refractivity contribution in [1.29, 1.82) is 0 Å². The highest BCUT2D eigenvalue weighted by atomic mass is 35.5. The van der Waals surface area contributed by atoms with Crippen LogP contribution < -0.4 is 5.73 Å². The van der Waals surface area contributed by atoms with Crippen molar-refractivity contribution in [2.24, 2.45) is 11.1 Å². The monoisotopic (exact) mass is 291 g/mol. The highest BCUT2D eigenvalue weighted by Crippen LogP contribution is 2.41. The van der Waals surface area contributed by atoms with E-state index in [1.54, 1.807) is 13.8 Å². The summed E-state index contributed by atoms with van der Waals surface area (Å²) in [5.41, 5.74) is 5.30. The van der Waals surface area contributed by atoms with Crippen LogP contribution in [0.25, 0.3) is 0 Å². The second kappa shape index (κ2) is 5.34. The van der Waals surface area contributed by atoms with E-state index < -0.39 is 17.4 Å². The minimum atomic E-state index is -1.01. The van der Waals surface area contributed by atoms with Crippen molar-refractivity contribution in [2.45, 2.75) is 19.9 Å². The van der Waals surface area contributed by atoms with Gasteiger partial charge in [-0.1, -0.05) is 23.2 Å². The SMILES string of the molecule is COC(=O)C(C)(C)[C@@H](N)c1cc(Cl)cc(Cl)c1O. The number of rotatable bonds is 3. The minimum absolute atomic E-state index is 0.0913. The Bertz CT molecular complexity index is 475. The Morgan fingerprint density at radius 3 is 2.50 bits per heavy atom. The van der Waals surface area contributed by atoms with Gasteiger partial charge in [0.2, 0.25) is 0 Å². The van der Waals surface area contributed by atoms with Crippen LogP contribution in [0.3, 0.4) is 0 Å². The summed E-state index contributed by atoms with van der Waals surface area (Å²) in [7, 11) is 1.28. The highest BCUT2D eigenvalue weighted by Gasteiger charge is 2.38. The molecule has 0 spiro atoms. The zero-order valence-electron chi connectivity index (χ0n) is 10.3. The third-order valence-electron chi connectivity index (χ3n) is 2.88. The summed E-state index contributed by atoms with van der Waals surface area (Å²) < 4.78 is 4.69. The van der Waals surface area contributed by atoms with E-state index in [2.05, 4.69) is 0 Å². The first-order chi connectivity index (χ1) is 8.21. The molecule has 3 N–H and O–H groups in total. The van der Waals surface area contributed by atoms with Gasteiger partial charge in [0.1, 0.15) is 5.75 Å². The van der Waals surface area contributed by atoms with E-state index in [9.17, 15) is 9.90 Å². The summed E-state index contributed by atoms with van der Waals surface area (Å²) >= 11 is 11.7. The van der Waals surface area contributed by atoms with Crippen LogP contribution in [0, 0.1) is 5.41 Å². The lowest BCUT2D eigenvalue weighted by Crippen LogP contribution is -2.37. The van der Waals surface area contributed by atoms with E-state index in [1.807, 2.05) is 0 Å². The molecular formula is C12H15Cl2NO3. The Morgan fingerprint density at radius 2 is 2.00 bits per heavy atom. The van der Waals surface area contributed by atoms with Crippen molar-refractivity contribution in [2.75, 3.05) is 7.11 Å². The number of carbonyl (C=O) groups excluding carboxylic acids is 1. The molecule has 0 amide bonds. The number of esters is 1. The molecule has 1 rings (SSSR count). The Morgan fingerprint density at radius 1 is 1.44 bits per heavy atom. The molecule has 0 aliphatic heterocycles. The normalized spacial score (nSPS) is 13.2. The van der Waals surface area contributed by atoms with E-state index in [1.165, 1.54) is 19.2 Å². The lowest BCUT2D eigenvalue weighted by atomic mass is 9.80. The van der Waals surface area contributed by atoms with Crippen molar-refractivity contribution < 1.29 is 14.6 Å². The molecule has 1 aromatic rings. The lowest BCUT2D eigenvalue weighted by molar-refractivity contribution is -0.152. The van der Waals surface area contributed by atoms with Crippen molar-refractivity contribution in [3.63, 3.8) is 0 Å². The second-order valence-corrected chi connectivity index (χ2v) is 5.36. The van der Waals surface area contributed by atoms with Crippen LogP contribution in [0.4, 0.5) is 0 Å². The number of nitrogens with two attached hydrogens (primary N) is 1. The van der Waals surface area contributed by atoms with Crippen molar-refractivity contribution >= 4 is 29.2 Å². The Hall–Kier alpha value is -0.970. The number of hydrogen-bond acceptors (Lipinski definition) is 4. The predicted octanol–water partition coefficient (Wildman–Crippen LogP) is 2.90. The summed E-state index contributed by atoms with van der Waals surface area (Å²) in [6.45, 7) is 3.25. The number of hydrogen-bond donors (Lipinski definition) is 2. The molecule has 100 valence electrons. The Labute approximate surface area is 116 Å². The van der Waals surface area contributed by atoms with Gasteiger partial charge < -0.3 is 15.6 Å². The molecule has 1 atom stereocenters. The van der Waals surface area contributed by atoms with Crippen LogP contribution >= 0.6 is 23.2 Å². The van der Waals surface area contributed by atoms with Gasteiger partial charge in [-0.05, 0) is 26.0 Å². The predicted molar refractivity (Wildman–Crippen MR) is 70.9 cm³/mol. The quantitative estimate of drug-likeness (QED) is 0.840. The maximum Gasteiger partial charge on any atom is 0.313 e. The Balaban J connectivity index is 3.26. The zero-order valence-corrected chi connectivity index (χ0v) is 11.8. The molecule has 1 aromatic carbocycles. The number of benzene rings is 1. The summed E-state index contributed by atoms with van der Waals surface area (Å²) in [6.07, 6.45) is 0. The van der Waals surface area contributed by atoms with E-state index in [0.29, 0.717) is 10.6 Å². The van der Waals surface area contributed by atoms with Gasteiger partial charge in [-0.3, -0.25) is 4.79 Å². The maximum absolute atomic E-state index is 11.7. The fourth-order valence-electron chi connectivity index (χ4n) is 1.60. The van der Waals surface area contributed by atoms with Gasteiger partial charge in [0.15, 0.2) is 0 Å². The van der Waals surface area contributed by atoms with Gasteiger partial charge in [0.25, 0.3) is 0 Å². The first kappa shape index (κ1) is 15.1. The number of halogens is 2. The third kappa shape index (κ3) is 2.71. The van der Waals surface area contributed by atoms with Crippen molar-refractivity contribution in [3.8, 4) is 5.75 Å². The summed E-state index contributed by atoms with van der Waals surface area (Å²) in [4.78, 5) is 11.7. The Kier molecular flexibility index (Phi) is 4.48.